The minimum Gasteiger partial charge on any atom is -0.287 e. The van der Waals surface area contributed by atoms with E-state index in [9.17, 15) is 0 Å². The summed E-state index contributed by atoms with van der Waals surface area (Å²) in [6.07, 6.45) is 3.28. The summed E-state index contributed by atoms with van der Waals surface area (Å²) >= 11 is 5.75. The van der Waals surface area contributed by atoms with E-state index in [1.165, 1.54) is 0 Å². The second kappa shape index (κ2) is 3.54. The van der Waals surface area contributed by atoms with Gasteiger partial charge in [0.25, 0.3) is 0 Å². The first-order chi connectivity index (χ1) is 5.66. The van der Waals surface area contributed by atoms with Gasteiger partial charge in [-0.15, -0.1) is 0 Å². The van der Waals surface area contributed by atoms with Gasteiger partial charge in [-0.2, -0.15) is 0 Å². The zero-order chi connectivity index (χ0) is 9.14. The monoisotopic (exact) mass is 183 g/mol. The SMILES string of the molecule is C=C(N=CC)n1cnc(Cl)c1C. The Morgan fingerprint density at radius 2 is 2.50 bits per heavy atom. The molecule has 0 aliphatic heterocycles. The molecule has 0 amide bonds. The summed E-state index contributed by atoms with van der Waals surface area (Å²) in [4.78, 5) is 7.93. The summed E-state index contributed by atoms with van der Waals surface area (Å²) < 4.78 is 1.74. The first kappa shape index (κ1) is 9.00. The van der Waals surface area contributed by atoms with E-state index in [0.29, 0.717) is 11.0 Å². The fourth-order valence-electron chi connectivity index (χ4n) is 0.859. The van der Waals surface area contributed by atoms with Crippen LogP contribution in [0.1, 0.15) is 12.6 Å². The molecule has 0 unspecified atom stereocenters. The van der Waals surface area contributed by atoms with Crippen molar-refractivity contribution in [2.24, 2.45) is 4.99 Å². The van der Waals surface area contributed by atoms with Crippen molar-refractivity contribution < 1.29 is 0 Å². The second-order valence-corrected chi connectivity index (χ2v) is 2.65. The van der Waals surface area contributed by atoms with Crippen molar-refractivity contribution in [2.45, 2.75) is 13.8 Å². The van der Waals surface area contributed by atoms with E-state index in [1.54, 1.807) is 17.1 Å². The average molecular weight is 184 g/mol. The third-order valence-electron chi connectivity index (χ3n) is 1.50. The smallest absolute Gasteiger partial charge is 0.150 e. The van der Waals surface area contributed by atoms with Crippen molar-refractivity contribution in [1.82, 2.24) is 9.55 Å². The van der Waals surface area contributed by atoms with Gasteiger partial charge in [0.2, 0.25) is 0 Å². The van der Waals surface area contributed by atoms with Gasteiger partial charge in [-0.05, 0) is 13.8 Å². The summed E-state index contributed by atoms with van der Waals surface area (Å²) in [6.45, 7) is 7.45. The molecule has 0 aliphatic carbocycles. The fourth-order valence-corrected chi connectivity index (χ4v) is 0.994. The molecule has 0 spiro atoms. The average Bonchev–Trinajstić information content (AvgIpc) is 2.34. The van der Waals surface area contributed by atoms with Crippen LogP contribution in [0.2, 0.25) is 5.15 Å². The number of nitrogens with zero attached hydrogens (tertiary/aromatic N) is 3. The highest BCUT2D eigenvalue weighted by Gasteiger charge is 2.04. The van der Waals surface area contributed by atoms with Crippen molar-refractivity contribution in [3.8, 4) is 0 Å². The van der Waals surface area contributed by atoms with Gasteiger partial charge in [-0.25, -0.2) is 9.98 Å². The maximum absolute atomic E-state index is 5.75. The topological polar surface area (TPSA) is 30.2 Å². The standard InChI is InChI=1S/C8H10ClN3/c1-4-10-7(3)12-5-11-8(9)6(12)2/h4-5H,3H2,1-2H3. The van der Waals surface area contributed by atoms with Crippen molar-refractivity contribution >= 4 is 23.6 Å². The zero-order valence-electron chi connectivity index (χ0n) is 7.08. The summed E-state index contributed by atoms with van der Waals surface area (Å²) in [5, 5.41) is 0.488. The van der Waals surface area contributed by atoms with Crippen LogP contribution < -0.4 is 0 Å². The van der Waals surface area contributed by atoms with Gasteiger partial charge in [0.05, 0.1) is 5.69 Å². The van der Waals surface area contributed by atoms with Gasteiger partial charge in [-0.3, -0.25) is 4.57 Å². The van der Waals surface area contributed by atoms with Gasteiger partial charge in [-0.1, -0.05) is 18.2 Å². The normalized spacial score (nSPS) is 10.9. The number of hydrogen-bond donors (Lipinski definition) is 0. The lowest BCUT2D eigenvalue weighted by Crippen LogP contribution is -1.93. The molecule has 0 fully saturated rings. The molecule has 0 bridgehead atoms. The third-order valence-corrected chi connectivity index (χ3v) is 1.87. The number of rotatable bonds is 2. The second-order valence-electron chi connectivity index (χ2n) is 2.29. The quantitative estimate of drug-likeness (QED) is 0.648. The van der Waals surface area contributed by atoms with E-state index < -0.39 is 0 Å². The highest BCUT2D eigenvalue weighted by Crippen LogP contribution is 2.15. The van der Waals surface area contributed by atoms with E-state index in [-0.39, 0.29) is 0 Å². The van der Waals surface area contributed by atoms with Crippen molar-refractivity contribution in [3.63, 3.8) is 0 Å². The maximum Gasteiger partial charge on any atom is 0.150 e. The third kappa shape index (κ3) is 1.56. The minimum absolute atomic E-state index is 0.488. The van der Waals surface area contributed by atoms with E-state index in [0.717, 1.165) is 5.69 Å². The molecule has 0 radical (unpaired) electrons. The molecule has 1 heterocycles. The number of hydrogen-bond acceptors (Lipinski definition) is 2. The van der Waals surface area contributed by atoms with Gasteiger partial charge in [0.1, 0.15) is 17.3 Å². The summed E-state index contributed by atoms with van der Waals surface area (Å²) in [5.41, 5.74) is 0.854. The molecule has 0 saturated carbocycles. The minimum atomic E-state index is 0.488. The van der Waals surface area contributed by atoms with Crippen LogP contribution in [0, 0.1) is 6.92 Å². The lowest BCUT2D eigenvalue weighted by molar-refractivity contribution is 1.01. The Kier molecular flexibility index (Phi) is 2.65. The lowest BCUT2D eigenvalue weighted by Gasteiger charge is -2.01. The molecular formula is C8H10ClN3. The van der Waals surface area contributed by atoms with Crippen LogP contribution in [0.4, 0.5) is 0 Å². The first-order valence-corrected chi connectivity index (χ1v) is 3.92. The molecule has 0 aliphatic rings. The molecule has 1 aromatic rings. The van der Waals surface area contributed by atoms with E-state index >= 15 is 0 Å². The molecular weight excluding hydrogens is 174 g/mol. The van der Waals surface area contributed by atoms with Crippen LogP contribution >= 0.6 is 11.6 Å². The molecule has 4 heteroatoms. The molecule has 0 aromatic carbocycles. The van der Waals surface area contributed by atoms with Crippen molar-refractivity contribution in [2.75, 3.05) is 0 Å². The Labute approximate surface area is 76.4 Å². The van der Waals surface area contributed by atoms with Crippen LogP contribution in [-0.4, -0.2) is 15.8 Å². The van der Waals surface area contributed by atoms with Crippen molar-refractivity contribution in [1.29, 1.82) is 0 Å². The molecule has 1 aromatic heterocycles. The zero-order valence-corrected chi connectivity index (χ0v) is 7.84. The van der Waals surface area contributed by atoms with Gasteiger partial charge >= 0.3 is 0 Å². The van der Waals surface area contributed by atoms with Gasteiger partial charge in [0.15, 0.2) is 0 Å². The Hall–Kier alpha value is -1.09. The maximum atomic E-state index is 5.75. The molecule has 1 rings (SSSR count). The van der Waals surface area contributed by atoms with Crippen LogP contribution in [-0.2, 0) is 0 Å². The Morgan fingerprint density at radius 1 is 1.83 bits per heavy atom. The fraction of sp³-hybridized carbons (Fsp3) is 0.250. The Morgan fingerprint density at radius 3 is 2.92 bits per heavy atom. The molecule has 0 atom stereocenters. The van der Waals surface area contributed by atoms with E-state index in [4.69, 9.17) is 11.6 Å². The highest BCUT2D eigenvalue weighted by atomic mass is 35.5. The largest absolute Gasteiger partial charge is 0.287 e. The summed E-state index contributed by atoms with van der Waals surface area (Å²) in [5.74, 6) is 0.620. The van der Waals surface area contributed by atoms with Gasteiger partial charge < -0.3 is 0 Å². The Bertz CT molecular complexity index is 325. The molecule has 3 nitrogen and oxygen atoms in total. The first-order valence-electron chi connectivity index (χ1n) is 3.54. The summed E-state index contributed by atoms with van der Waals surface area (Å²) in [7, 11) is 0. The van der Waals surface area contributed by atoms with Crippen molar-refractivity contribution in [3.05, 3.63) is 23.8 Å². The van der Waals surface area contributed by atoms with Gasteiger partial charge in [0, 0.05) is 6.21 Å². The summed E-state index contributed by atoms with van der Waals surface area (Å²) in [6, 6.07) is 0. The number of imidazole rings is 1. The van der Waals surface area contributed by atoms with E-state index in [1.807, 2.05) is 13.8 Å². The highest BCUT2D eigenvalue weighted by molar-refractivity contribution is 6.30. The predicted molar refractivity (Wildman–Crippen MR) is 51.5 cm³/mol. The van der Waals surface area contributed by atoms with Crippen LogP contribution in [0.15, 0.2) is 17.9 Å². The van der Waals surface area contributed by atoms with E-state index in [2.05, 4.69) is 16.6 Å². The number of halogens is 1. The molecule has 0 saturated heterocycles. The predicted octanol–water partition coefficient (Wildman–Crippen LogP) is 2.36. The van der Waals surface area contributed by atoms with Crippen LogP contribution in [0.3, 0.4) is 0 Å². The molecule has 64 valence electrons. The molecule has 12 heavy (non-hydrogen) atoms. The van der Waals surface area contributed by atoms with Crippen LogP contribution in [0.25, 0.3) is 5.82 Å². The van der Waals surface area contributed by atoms with Crippen LogP contribution in [0.5, 0.6) is 0 Å². The number of aliphatic imine (C=N–C) groups is 1. The Balaban J connectivity index is 3.03. The lowest BCUT2D eigenvalue weighted by atomic mass is 10.5. The molecule has 0 N–H and O–H groups in total. The number of aromatic nitrogens is 2.